The quantitative estimate of drug-likeness (QED) is 0.713. The maximum absolute atomic E-state index is 12.5. The number of nitrogens with one attached hydrogen (secondary N) is 2. The van der Waals surface area contributed by atoms with E-state index in [-0.39, 0.29) is 29.7 Å². The number of ether oxygens (including phenoxy) is 1. The molecular formula is C18H29N3O4. The van der Waals surface area contributed by atoms with E-state index in [0.717, 1.165) is 19.5 Å². The topological polar surface area (TPSA) is 87.7 Å². The van der Waals surface area contributed by atoms with Crippen molar-refractivity contribution < 1.29 is 19.1 Å². The SMILES string of the molecule is CC(=O)N[C@@H](CC(C)C)C(=O)NC1[C@H]2CN(C(=O)[C@@H]3CCOC3)C[C@@H]12. The van der Waals surface area contributed by atoms with Crippen LogP contribution in [0.1, 0.15) is 33.6 Å². The minimum atomic E-state index is -0.479. The van der Waals surface area contributed by atoms with Crippen LogP contribution in [0.2, 0.25) is 0 Å². The van der Waals surface area contributed by atoms with Gasteiger partial charge in [0.1, 0.15) is 6.04 Å². The number of fused-ring (bicyclic) bond motifs is 1. The van der Waals surface area contributed by atoms with Crippen LogP contribution < -0.4 is 10.6 Å². The fourth-order valence-corrected chi connectivity index (χ4v) is 4.12. The summed E-state index contributed by atoms with van der Waals surface area (Å²) < 4.78 is 5.30. The predicted octanol–water partition coefficient (Wildman–Crippen LogP) is 0.147. The van der Waals surface area contributed by atoms with Crippen LogP contribution in [0.4, 0.5) is 0 Å². The molecule has 2 aliphatic heterocycles. The second-order valence-corrected chi connectivity index (χ2v) is 8.05. The molecular weight excluding hydrogens is 322 g/mol. The lowest BCUT2D eigenvalue weighted by atomic mass is 10.0. The van der Waals surface area contributed by atoms with Crippen LogP contribution in [0.25, 0.3) is 0 Å². The summed E-state index contributed by atoms with van der Waals surface area (Å²) in [7, 11) is 0. The maximum atomic E-state index is 12.5. The monoisotopic (exact) mass is 351 g/mol. The summed E-state index contributed by atoms with van der Waals surface area (Å²) in [4.78, 5) is 38.2. The smallest absolute Gasteiger partial charge is 0.242 e. The second kappa shape index (κ2) is 7.32. The van der Waals surface area contributed by atoms with Crippen LogP contribution in [-0.2, 0) is 19.1 Å². The molecule has 1 unspecified atom stereocenters. The third-order valence-corrected chi connectivity index (χ3v) is 5.49. The van der Waals surface area contributed by atoms with Gasteiger partial charge in [0.05, 0.1) is 12.5 Å². The van der Waals surface area contributed by atoms with Gasteiger partial charge in [0.2, 0.25) is 17.7 Å². The van der Waals surface area contributed by atoms with Gasteiger partial charge in [-0.3, -0.25) is 14.4 Å². The van der Waals surface area contributed by atoms with Crippen molar-refractivity contribution in [1.29, 1.82) is 0 Å². The van der Waals surface area contributed by atoms with Crippen molar-refractivity contribution in [2.75, 3.05) is 26.3 Å². The first kappa shape index (κ1) is 18.2. The highest BCUT2D eigenvalue weighted by atomic mass is 16.5. The van der Waals surface area contributed by atoms with Crippen molar-refractivity contribution in [3.63, 3.8) is 0 Å². The average Bonchev–Trinajstić information content (AvgIpc) is 2.99. The first-order valence-corrected chi connectivity index (χ1v) is 9.30. The highest BCUT2D eigenvalue weighted by Gasteiger charge is 2.58. The maximum Gasteiger partial charge on any atom is 0.242 e. The molecule has 7 heteroatoms. The zero-order valence-corrected chi connectivity index (χ0v) is 15.3. The van der Waals surface area contributed by atoms with E-state index in [4.69, 9.17) is 4.74 Å². The normalized spacial score (nSPS) is 31.6. The molecule has 3 aliphatic rings. The predicted molar refractivity (Wildman–Crippen MR) is 91.5 cm³/mol. The molecule has 0 radical (unpaired) electrons. The number of likely N-dealkylation sites (tertiary alicyclic amines) is 1. The van der Waals surface area contributed by atoms with E-state index in [1.165, 1.54) is 6.92 Å². The van der Waals surface area contributed by atoms with Crippen LogP contribution in [-0.4, -0.2) is 61.0 Å². The van der Waals surface area contributed by atoms with Crippen LogP contribution in [0.3, 0.4) is 0 Å². The number of piperidine rings is 1. The molecule has 7 nitrogen and oxygen atoms in total. The van der Waals surface area contributed by atoms with E-state index in [1.807, 2.05) is 18.7 Å². The van der Waals surface area contributed by atoms with Crippen molar-refractivity contribution in [2.45, 2.75) is 45.7 Å². The Morgan fingerprint density at radius 3 is 2.40 bits per heavy atom. The largest absolute Gasteiger partial charge is 0.381 e. The van der Waals surface area contributed by atoms with Gasteiger partial charge in [-0.1, -0.05) is 13.8 Å². The summed E-state index contributed by atoms with van der Waals surface area (Å²) in [6.07, 6.45) is 1.44. The summed E-state index contributed by atoms with van der Waals surface area (Å²) in [5, 5.41) is 5.82. The minimum Gasteiger partial charge on any atom is -0.381 e. The molecule has 25 heavy (non-hydrogen) atoms. The molecule has 0 aromatic carbocycles. The van der Waals surface area contributed by atoms with E-state index in [0.29, 0.717) is 37.4 Å². The molecule has 0 aromatic heterocycles. The van der Waals surface area contributed by atoms with Gasteiger partial charge >= 0.3 is 0 Å². The molecule has 0 aromatic rings. The highest BCUT2D eigenvalue weighted by molar-refractivity contribution is 5.87. The zero-order chi connectivity index (χ0) is 18.1. The molecule has 1 aliphatic carbocycles. The Morgan fingerprint density at radius 2 is 1.88 bits per heavy atom. The molecule has 2 N–H and O–H groups in total. The third kappa shape index (κ3) is 4.14. The van der Waals surface area contributed by atoms with Gasteiger partial charge in [-0.2, -0.15) is 0 Å². The third-order valence-electron chi connectivity index (χ3n) is 5.49. The van der Waals surface area contributed by atoms with Gasteiger partial charge in [0.25, 0.3) is 0 Å². The summed E-state index contributed by atoms with van der Waals surface area (Å²) in [5.41, 5.74) is 0. The van der Waals surface area contributed by atoms with E-state index in [1.54, 1.807) is 0 Å². The average molecular weight is 351 g/mol. The molecule has 0 bridgehead atoms. The first-order valence-electron chi connectivity index (χ1n) is 9.30. The van der Waals surface area contributed by atoms with E-state index < -0.39 is 6.04 Å². The van der Waals surface area contributed by atoms with E-state index in [2.05, 4.69) is 10.6 Å². The Bertz CT molecular complexity index is 532. The van der Waals surface area contributed by atoms with E-state index >= 15 is 0 Å². The molecule has 140 valence electrons. The van der Waals surface area contributed by atoms with Crippen molar-refractivity contribution in [2.24, 2.45) is 23.7 Å². The molecule has 2 saturated heterocycles. The Balaban J connectivity index is 1.47. The summed E-state index contributed by atoms with van der Waals surface area (Å²) >= 11 is 0. The fraction of sp³-hybridized carbons (Fsp3) is 0.833. The molecule has 2 heterocycles. The van der Waals surface area contributed by atoms with Crippen LogP contribution in [0.15, 0.2) is 0 Å². The van der Waals surface area contributed by atoms with Gasteiger partial charge in [0, 0.05) is 44.5 Å². The number of amides is 3. The number of hydrogen-bond acceptors (Lipinski definition) is 4. The van der Waals surface area contributed by atoms with Crippen molar-refractivity contribution in [3.8, 4) is 0 Å². The Hall–Kier alpha value is -1.63. The highest BCUT2D eigenvalue weighted by Crippen LogP contribution is 2.46. The number of rotatable bonds is 6. The number of carbonyl (C=O) groups is 3. The van der Waals surface area contributed by atoms with Crippen molar-refractivity contribution in [1.82, 2.24) is 15.5 Å². The number of nitrogens with zero attached hydrogens (tertiary/aromatic N) is 1. The molecule has 3 fully saturated rings. The second-order valence-electron chi connectivity index (χ2n) is 8.05. The Kier molecular flexibility index (Phi) is 5.32. The van der Waals surface area contributed by atoms with Crippen molar-refractivity contribution in [3.05, 3.63) is 0 Å². The summed E-state index contributed by atoms with van der Waals surface area (Å²) in [5.74, 6) is 0.951. The molecule has 0 spiro atoms. The first-order chi connectivity index (χ1) is 11.9. The van der Waals surface area contributed by atoms with Gasteiger partial charge in [0.15, 0.2) is 0 Å². The lowest BCUT2D eigenvalue weighted by molar-refractivity contribution is -0.135. The lowest BCUT2D eigenvalue weighted by Crippen LogP contribution is -2.49. The van der Waals surface area contributed by atoms with Gasteiger partial charge < -0.3 is 20.3 Å². The van der Waals surface area contributed by atoms with Gasteiger partial charge in [-0.25, -0.2) is 0 Å². The summed E-state index contributed by atoms with van der Waals surface area (Å²) in [6, 6.07) is -0.341. The lowest BCUT2D eigenvalue weighted by Gasteiger charge is -2.24. The molecule has 1 saturated carbocycles. The minimum absolute atomic E-state index is 0.0146. The summed E-state index contributed by atoms with van der Waals surface area (Å²) in [6.45, 7) is 8.16. The number of carbonyl (C=O) groups excluding carboxylic acids is 3. The van der Waals surface area contributed by atoms with Crippen LogP contribution in [0.5, 0.6) is 0 Å². The van der Waals surface area contributed by atoms with Crippen molar-refractivity contribution >= 4 is 17.7 Å². The van der Waals surface area contributed by atoms with E-state index in [9.17, 15) is 14.4 Å². The van der Waals surface area contributed by atoms with Crippen LogP contribution >= 0.6 is 0 Å². The molecule has 5 atom stereocenters. The standard InChI is InChI=1S/C18H29N3O4/c1-10(2)6-15(19-11(3)22)17(23)20-16-13-7-21(8-14(13)16)18(24)12-4-5-25-9-12/h10,12-16H,4-9H2,1-3H3,(H,19,22)(H,20,23)/t12-,13-,14+,15+,16?/m1/s1. The molecule has 3 rings (SSSR count). The Morgan fingerprint density at radius 1 is 1.20 bits per heavy atom. The zero-order valence-electron chi connectivity index (χ0n) is 15.3. The number of hydrogen-bond donors (Lipinski definition) is 2. The van der Waals surface area contributed by atoms with Gasteiger partial charge in [-0.15, -0.1) is 0 Å². The molecule has 3 amide bonds. The fourth-order valence-electron chi connectivity index (χ4n) is 4.12. The van der Waals surface area contributed by atoms with Crippen LogP contribution in [0, 0.1) is 23.7 Å². The Labute approximate surface area is 148 Å². The van der Waals surface area contributed by atoms with Gasteiger partial charge in [-0.05, 0) is 18.8 Å².